The Bertz CT molecular complexity index is 756. The van der Waals surface area contributed by atoms with E-state index in [1.165, 1.54) is 12.1 Å². The maximum atomic E-state index is 14.4. The van der Waals surface area contributed by atoms with Crippen molar-refractivity contribution < 1.29 is 22.3 Å². The van der Waals surface area contributed by atoms with Crippen LogP contribution in [-0.2, 0) is 10.0 Å². The van der Waals surface area contributed by atoms with Crippen LogP contribution in [0.5, 0.6) is 5.75 Å². The third-order valence-electron chi connectivity index (χ3n) is 4.57. The lowest BCUT2D eigenvalue weighted by Gasteiger charge is -2.23. The Balaban J connectivity index is 1.79. The van der Waals surface area contributed by atoms with Crippen molar-refractivity contribution in [1.82, 2.24) is 10.0 Å². The van der Waals surface area contributed by atoms with Crippen LogP contribution in [0.4, 0.5) is 4.39 Å². The summed E-state index contributed by atoms with van der Waals surface area (Å²) in [5.74, 6) is -0.579. The molecule has 0 bridgehead atoms. The second-order valence-electron chi connectivity index (χ2n) is 6.85. The number of halogens is 1. The lowest BCUT2D eigenvalue weighted by Crippen LogP contribution is -2.31. The standard InChI is InChI=1S/C17H23FN2O4S/c1-25(22,23)20-17(21)14-8-13(12-2-3-12)16(9-15(14)18)24-10-11-4-6-19-7-5-11/h8-9,11-12,19H,2-7,10H2,1H3,(H,20,21). The number of sulfonamides is 1. The molecule has 1 aromatic rings. The SMILES string of the molecule is CS(=O)(=O)NC(=O)c1cc(C2CC2)c(OCC2CCNCC2)cc1F. The van der Waals surface area contributed by atoms with Crippen molar-refractivity contribution in [3.63, 3.8) is 0 Å². The fourth-order valence-corrected chi connectivity index (χ4v) is 3.51. The van der Waals surface area contributed by atoms with E-state index in [1.807, 2.05) is 4.72 Å². The van der Waals surface area contributed by atoms with Crippen LogP contribution in [0, 0.1) is 11.7 Å². The molecule has 2 fully saturated rings. The van der Waals surface area contributed by atoms with E-state index in [4.69, 9.17) is 4.74 Å². The minimum absolute atomic E-state index is 0.244. The molecule has 1 saturated carbocycles. The first-order valence-corrected chi connectivity index (χ1v) is 10.4. The topological polar surface area (TPSA) is 84.5 Å². The Kier molecular flexibility index (Phi) is 5.29. The highest BCUT2D eigenvalue weighted by atomic mass is 32.2. The van der Waals surface area contributed by atoms with Crippen molar-refractivity contribution in [2.75, 3.05) is 26.0 Å². The van der Waals surface area contributed by atoms with Gasteiger partial charge in [0, 0.05) is 6.07 Å². The number of hydrogen-bond donors (Lipinski definition) is 2. The Hall–Kier alpha value is -1.67. The summed E-state index contributed by atoms with van der Waals surface area (Å²) < 4.78 is 44.5. The molecular formula is C17H23FN2O4S. The van der Waals surface area contributed by atoms with Crippen molar-refractivity contribution in [3.05, 3.63) is 29.1 Å². The third-order valence-corrected chi connectivity index (χ3v) is 5.13. The van der Waals surface area contributed by atoms with Crippen LogP contribution in [0.1, 0.15) is 47.5 Å². The zero-order valence-corrected chi connectivity index (χ0v) is 15.0. The monoisotopic (exact) mass is 370 g/mol. The van der Waals surface area contributed by atoms with Crippen LogP contribution < -0.4 is 14.8 Å². The Morgan fingerprint density at radius 2 is 1.96 bits per heavy atom. The molecule has 0 aromatic heterocycles. The predicted octanol–water partition coefficient (Wildman–Crippen LogP) is 1.77. The minimum Gasteiger partial charge on any atom is -0.493 e. The van der Waals surface area contributed by atoms with Crippen LogP contribution in [0.25, 0.3) is 0 Å². The Morgan fingerprint density at radius 1 is 1.28 bits per heavy atom. The van der Waals surface area contributed by atoms with Gasteiger partial charge in [-0.15, -0.1) is 0 Å². The van der Waals surface area contributed by atoms with E-state index in [0.29, 0.717) is 18.3 Å². The molecule has 2 aliphatic rings. The average molecular weight is 370 g/mol. The lowest BCUT2D eigenvalue weighted by molar-refractivity contribution is 0.0977. The molecule has 1 heterocycles. The van der Waals surface area contributed by atoms with E-state index in [2.05, 4.69) is 5.32 Å². The zero-order valence-electron chi connectivity index (χ0n) is 14.2. The summed E-state index contributed by atoms with van der Waals surface area (Å²) >= 11 is 0. The van der Waals surface area contributed by atoms with Crippen LogP contribution in [-0.4, -0.2) is 40.3 Å². The van der Waals surface area contributed by atoms with Crippen LogP contribution in [0.15, 0.2) is 12.1 Å². The van der Waals surface area contributed by atoms with Crippen molar-refractivity contribution in [2.24, 2.45) is 5.92 Å². The molecule has 2 N–H and O–H groups in total. The summed E-state index contributed by atoms with van der Waals surface area (Å²) in [5.41, 5.74) is 0.524. The van der Waals surface area contributed by atoms with E-state index in [0.717, 1.165) is 50.6 Å². The number of carbonyl (C=O) groups is 1. The molecule has 3 rings (SSSR count). The van der Waals surface area contributed by atoms with Gasteiger partial charge in [-0.1, -0.05) is 0 Å². The summed E-state index contributed by atoms with van der Waals surface area (Å²) in [6.07, 6.45) is 4.83. The summed E-state index contributed by atoms with van der Waals surface area (Å²) in [6.45, 7) is 2.45. The van der Waals surface area contributed by atoms with Gasteiger partial charge in [-0.2, -0.15) is 0 Å². The van der Waals surface area contributed by atoms with Gasteiger partial charge in [0.05, 0.1) is 18.4 Å². The first-order valence-electron chi connectivity index (χ1n) is 8.52. The van der Waals surface area contributed by atoms with Crippen LogP contribution in [0.2, 0.25) is 0 Å². The van der Waals surface area contributed by atoms with Crippen molar-refractivity contribution in [3.8, 4) is 5.75 Å². The molecule has 1 saturated heterocycles. The maximum absolute atomic E-state index is 14.4. The molecule has 138 valence electrons. The summed E-state index contributed by atoms with van der Waals surface area (Å²) in [6, 6.07) is 2.65. The average Bonchev–Trinajstić information content (AvgIpc) is 3.37. The van der Waals surface area contributed by atoms with E-state index in [-0.39, 0.29) is 11.5 Å². The number of piperidine rings is 1. The number of rotatable bonds is 6. The molecular weight excluding hydrogens is 347 g/mol. The van der Waals surface area contributed by atoms with Gasteiger partial charge in [0.2, 0.25) is 10.0 Å². The van der Waals surface area contributed by atoms with Crippen LogP contribution in [0.3, 0.4) is 0 Å². The predicted molar refractivity (Wildman–Crippen MR) is 91.8 cm³/mol. The number of ether oxygens (including phenoxy) is 1. The fourth-order valence-electron chi connectivity index (χ4n) is 3.06. The molecule has 8 heteroatoms. The van der Waals surface area contributed by atoms with Gasteiger partial charge < -0.3 is 10.1 Å². The Morgan fingerprint density at radius 3 is 2.56 bits per heavy atom. The first-order chi connectivity index (χ1) is 11.8. The van der Waals surface area contributed by atoms with Gasteiger partial charge in [0.25, 0.3) is 5.91 Å². The molecule has 0 spiro atoms. The van der Waals surface area contributed by atoms with Gasteiger partial charge in [0.15, 0.2) is 0 Å². The smallest absolute Gasteiger partial charge is 0.267 e. The molecule has 1 aliphatic heterocycles. The lowest BCUT2D eigenvalue weighted by atomic mass is 9.99. The van der Waals surface area contributed by atoms with Gasteiger partial charge in [-0.05, 0) is 62.2 Å². The van der Waals surface area contributed by atoms with Crippen molar-refractivity contribution in [1.29, 1.82) is 0 Å². The number of nitrogens with one attached hydrogen (secondary N) is 2. The second kappa shape index (κ2) is 7.29. The highest BCUT2D eigenvalue weighted by Gasteiger charge is 2.30. The molecule has 1 aromatic carbocycles. The van der Waals surface area contributed by atoms with Gasteiger partial charge in [-0.25, -0.2) is 17.5 Å². The summed E-state index contributed by atoms with van der Waals surface area (Å²) in [7, 11) is -3.74. The highest BCUT2D eigenvalue weighted by Crippen LogP contribution is 2.45. The second-order valence-corrected chi connectivity index (χ2v) is 8.60. The minimum atomic E-state index is -3.74. The normalized spacial score (nSPS) is 18.8. The van der Waals surface area contributed by atoms with Crippen molar-refractivity contribution >= 4 is 15.9 Å². The van der Waals surface area contributed by atoms with Crippen molar-refractivity contribution in [2.45, 2.75) is 31.6 Å². The molecule has 0 radical (unpaired) electrons. The third kappa shape index (κ3) is 4.92. The van der Waals surface area contributed by atoms with Gasteiger partial charge >= 0.3 is 0 Å². The first kappa shape index (κ1) is 18.1. The molecule has 1 amide bonds. The largest absolute Gasteiger partial charge is 0.493 e. The number of amides is 1. The van der Waals surface area contributed by atoms with E-state index in [1.54, 1.807) is 0 Å². The quantitative estimate of drug-likeness (QED) is 0.797. The Labute approximate surface area is 147 Å². The van der Waals surface area contributed by atoms with Gasteiger partial charge in [0.1, 0.15) is 11.6 Å². The molecule has 6 nitrogen and oxygen atoms in total. The molecule has 25 heavy (non-hydrogen) atoms. The highest BCUT2D eigenvalue weighted by molar-refractivity contribution is 7.89. The number of hydrogen-bond acceptors (Lipinski definition) is 5. The fraction of sp³-hybridized carbons (Fsp3) is 0.588. The van der Waals surface area contributed by atoms with Gasteiger partial charge in [-0.3, -0.25) is 4.79 Å². The molecule has 0 unspecified atom stereocenters. The zero-order chi connectivity index (χ0) is 18.0. The number of carbonyl (C=O) groups excluding carboxylic acids is 1. The van der Waals surface area contributed by atoms with E-state index < -0.39 is 21.7 Å². The summed E-state index contributed by atoms with van der Waals surface area (Å²) in [5, 5.41) is 3.29. The molecule has 0 atom stereocenters. The van der Waals surface area contributed by atoms with E-state index in [9.17, 15) is 17.6 Å². The summed E-state index contributed by atoms with van der Waals surface area (Å²) in [4.78, 5) is 12.0. The van der Waals surface area contributed by atoms with Crippen LogP contribution >= 0.6 is 0 Å². The maximum Gasteiger partial charge on any atom is 0.267 e. The van der Waals surface area contributed by atoms with E-state index >= 15 is 0 Å². The number of benzene rings is 1. The molecule has 1 aliphatic carbocycles.